The Morgan fingerprint density at radius 1 is 0.911 bits per heavy atom. The molecule has 2 fully saturated rings. The number of ether oxygens (including phenoxy) is 3. The maximum atomic E-state index is 15.7. The Morgan fingerprint density at radius 2 is 1.48 bits per heavy atom. The van der Waals surface area contributed by atoms with E-state index in [1.807, 2.05) is 42.5 Å². The van der Waals surface area contributed by atoms with Gasteiger partial charge in [0.25, 0.3) is 8.32 Å². The fourth-order valence-corrected chi connectivity index (χ4v) is 17.3. The van der Waals surface area contributed by atoms with Gasteiger partial charge in [0.15, 0.2) is 5.78 Å². The van der Waals surface area contributed by atoms with Gasteiger partial charge in [-0.3, -0.25) is 14.4 Å². The smallest absolute Gasteiger partial charge is 0.316 e. The number of hydrogen-bond acceptors (Lipinski definition) is 9. The molecule has 3 aromatic carbocycles. The molecule has 2 aliphatic rings. The van der Waals surface area contributed by atoms with E-state index in [1.54, 1.807) is 30.6 Å². The third-order valence-electron chi connectivity index (χ3n) is 11.8. The molecule has 0 unspecified atom stereocenters. The zero-order valence-electron chi connectivity index (χ0n) is 34.2. The van der Waals surface area contributed by atoms with Crippen LogP contribution < -0.4 is 19.8 Å². The van der Waals surface area contributed by atoms with Gasteiger partial charge in [0, 0.05) is 24.4 Å². The van der Waals surface area contributed by atoms with Crippen molar-refractivity contribution in [2.45, 2.75) is 75.8 Å². The molecule has 0 spiro atoms. The van der Waals surface area contributed by atoms with E-state index in [1.165, 1.54) is 7.11 Å². The molecule has 56 heavy (non-hydrogen) atoms. The summed E-state index contributed by atoms with van der Waals surface area (Å²) in [4.78, 5) is 43.7. The zero-order valence-corrected chi connectivity index (χ0v) is 36.8. The monoisotopic (exact) mass is 816 g/mol. The molecule has 0 radical (unpaired) electrons. The average Bonchev–Trinajstić information content (AvgIpc) is 3.47. The predicted octanol–water partition coefficient (Wildman–Crippen LogP) is 8.78. The van der Waals surface area contributed by atoms with Crippen molar-refractivity contribution < 1.29 is 33.0 Å². The van der Waals surface area contributed by atoms with Gasteiger partial charge in [0.1, 0.15) is 27.3 Å². The standard InChI is InChI=1S/C46H60O7S2Si/c1-9-10-22-38(42(48)46(54-29-17-30-55-46)33(2)27-28-52-35-25-23-34(50-7)24-26-35)41-40(43(49)51-8)39(47)31-45(41,6)32-53-56(44(3,4)5,36-18-13-11-14-19-36)37-20-15-12-16-21-37/h9,11-16,18-21,23-26,33,38,40-41H,1,10,17,22,27-32H2,2-8H3/t33-,38+,40-,41+,45-/m1/s1. The highest BCUT2D eigenvalue weighted by Crippen LogP contribution is 2.57. The van der Waals surface area contributed by atoms with Gasteiger partial charge in [-0.15, -0.1) is 30.1 Å². The number of ketones is 2. The summed E-state index contributed by atoms with van der Waals surface area (Å²) in [7, 11) is -0.0617. The Kier molecular flexibility index (Phi) is 14.8. The molecular formula is C46H60O7S2Si. The van der Waals surface area contributed by atoms with E-state index in [2.05, 4.69) is 89.7 Å². The summed E-state index contributed by atoms with van der Waals surface area (Å²) in [6.45, 7) is 15.6. The molecule has 10 heteroatoms. The van der Waals surface area contributed by atoms with E-state index in [4.69, 9.17) is 18.6 Å². The number of carbonyl (C=O) groups excluding carboxylic acids is 3. The molecule has 1 aliphatic heterocycles. The van der Waals surface area contributed by atoms with Crippen LogP contribution in [-0.4, -0.2) is 68.9 Å². The van der Waals surface area contributed by atoms with Crippen molar-refractivity contribution in [1.29, 1.82) is 0 Å². The van der Waals surface area contributed by atoms with Crippen LogP contribution >= 0.6 is 23.5 Å². The van der Waals surface area contributed by atoms with Gasteiger partial charge < -0.3 is 18.6 Å². The van der Waals surface area contributed by atoms with Gasteiger partial charge in [-0.1, -0.05) is 101 Å². The Balaban J connectivity index is 1.55. The van der Waals surface area contributed by atoms with Gasteiger partial charge in [0.2, 0.25) is 0 Å². The van der Waals surface area contributed by atoms with Crippen LogP contribution in [0, 0.1) is 29.1 Å². The van der Waals surface area contributed by atoms with Crippen molar-refractivity contribution in [3.63, 3.8) is 0 Å². The molecule has 1 heterocycles. The SMILES string of the molecule is C=CCC[C@H](C(=O)C1([C@H](C)CCOc2ccc(OC)cc2)SCCCS1)[C@H]1[C@H](C(=O)OC)C(=O)C[C@]1(C)CO[Si](c1ccccc1)(c1ccccc1)C(C)(C)C. The first-order chi connectivity index (χ1) is 26.8. The number of carbonyl (C=O) groups is 3. The second kappa shape index (κ2) is 19.0. The van der Waals surface area contributed by atoms with Gasteiger partial charge in [-0.25, -0.2) is 0 Å². The molecule has 5 atom stereocenters. The minimum atomic E-state index is -3.03. The lowest BCUT2D eigenvalue weighted by molar-refractivity contribution is -0.152. The molecule has 0 aromatic heterocycles. The highest BCUT2D eigenvalue weighted by Gasteiger charge is 2.62. The summed E-state index contributed by atoms with van der Waals surface area (Å²) in [6.07, 6.45) is 4.66. The second-order valence-corrected chi connectivity index (χ2v) is 23.8. The summed E-state index contributed by atoms with van der Waals surface area (Å²) >= 11 is 3.44. The molecule has 1 aliphatic carbocycles. The molecule has 7 nitrogen and oxygen atoms in total. The molecule has 3 aromatic rings. The minimum Gasteiger partial charge on any atom is -0.497 e. The lowest BCUT2D eigenvalue weighted by atomic mass is 9.66. The van der Waals surface area contributed by atoms with Crippen molar-refractivity contribution >= 4 is 59.8 Å². The Hall–Kier alpha value is -3.31. The normalized spacial score (nSPS) is 22.2. The molecule has 0 N–H and O–H groups in total. The molecular weight excluding hydrogens is 757 g/mol. The molecule has 302 valence electrons. The summed E-state index contributed by atoms with van der Waals surface area (Å²) in [5.41, 5.74) is -0.837. The number of Topliss-reactive ketones (excluding diaryl/α,β-unsaturated/α-hetero) is 2. The molecule has 5 rings (SSSR count). The van der Waals surface area contributed by atoms with Crippen molar-refractivity contribution in [2.24, 2.45) is 29.1 Å². The van der Waals surface area contributed by atoms with E-state index in [0.717, 1.165) is 39.8 Å². The van der Waals surface area contributed by atoms with Crippen LogP contribution in [0.3, 0.4) is 0 Å². The third-order valence-corrected chi connectivity index (χ3v) is 20.6. The largest absolute Gasteiger partial charge is 0.497 e. The fourth-order valence-electron chi connectivity index (χ4n) is 9.00. The van der Waals surface area contributed by atoms with Crippen LogP contribution in [0.2, 0.25) is 5.04 Å². The van der Waals surface area contributed by atoms with Crippen LogP contribution in [0.1, 0.15) is 66.7 Å². The van der Waals surface area contributed by atoms with E-state index >= 15 is 4.79 Å². The van der Waals surface area contributed by atoms with Gasteiger partial charge in [-0.2, -0.15) is 0 Å². The Labute approximate surface area is 344 Å². The number of allylic oxidation sites excluding steroid dienone is 1. The molecule has 0 amide bonds. The van der Waals surface area contributed by atoms with Gasteiger partial charge in [-0.05, 0) is 88.7 Å². The first-order valence-electron chi connectivity index (χ1n) is 19.8. The predicted molar refractivity (Wildman–Crippen MR) is 233 cm³/mol. The quantitative estimate of drug-likeness (QED) is 0.0542. The lowest BCUT2D eigenvalue weighted by Gasteiger charge is -2.48. The van der Waals surface area contributed by atoms with Crippen molar-refractivity contribution in [2.75, 3.05) is 38.9 Å². The van der Waals surface area contributed by atoms with E-state index in [-0.39, 0.29) is 35.6 Å². The maximum Gasteiger partial charge on any atom is 0.316 e. The van der Waals surface area contributed by atoms with E-state index in [9.17, 15) is 9.59 Å². The van der Waals surface area contributed by atoms with Gasteiger partial charge >= 0.3 is 5.97 Å². The number of thioether (sulfide) groups is 2. The van der Waals surface area contributed by atoms with Crippen LogP contribution in [0.5, 0.6) is 11.5 Å². The maximum absolute atomic E-state index is 15.7. The minimum absolute atomic E-state index is 0.0527. The van der Waals surface area contributed by atoms with Crippen LogP contribution in [-0.2, 0) is 23.5 Å². The molecule has 0 bridgehead atoms. The average molecular weight is 817 g/mol. The van der Waals surface area contributed by atoms with E-state index < -0.39 is 41.5 Å². The van der Waals surface area contributed by atoms with Crippen molar-refractivity contribution in [1.82, 2.24) is 0 Å². The first kappa shape index (κ1) is 43.8. The highest BCUT2D eigenvalue weighted by atomic mass is 32.2. The molecule has 1 saturated heterocycles. The van der Waals surface area contributed by atoms with Crippen molar-refractivity contribution in [3.8, 4) is 11.5 Å². The Morgan fingerprint density at radius 3 is 2.00 bits per heavy atom. The van der Waals surface area contributed by atoms with Crippen LogP contribution in [0.25, 0.3) is 0 Å². The number of rotatable bonds is 18. The van der Waals surface area contributed by atoms with Crippen LogP contribution in [0.4, 0.5) is 0 Å². The summed E-state index contributed by atoms with van der Waals surface area (Å²) in [6, 6.07) is 28.4. The summed E-state index contributed by atoms with van der Waals surface area (Å²) in [5, 5.41) is 1.96. The number of methoxy groups -OCH3 is 2. The summed E-state index contributed by atoms with van der Waals surface area (Å²) in [5.74, 6) is 0.174. The van der Waals surface area contributed by atoms with E-state index in [0.29, 0.717) is 25.9 Å². The Bertz CT molecular complexity index is 1730. The topological polar surface area (TPSA) is 88.1 Å². The number of esters is 1. The van der Waals surface area contributed by atoms with Gasteiger partial charge in [0.05, 0.1) is 20.8 Å². The second-order valence-electron chi connectivity index (χ2n) is 16.5. The first-order valence-corrected chi connectivity index (χ1v) is 23.7. The number of benzene rings is 3. The van der Waals surface area contributed by atoms with Crippen LogP contribution in [0.15, 0.2) is 97.6 Å². The third kappa shape index (κ3) is 9.03. The lowest BCUT2D eigenvalue weighted by Crippen LogP contribution is -2.67. The van der Waals surface area contributed by atoms with Crippen molar-refractivity contribution in [3.05, 3.63) is 97.6 Å². The zero-order chi connectivity index (χ0) is 40.6. The molecule has 1 saturated carbocycles. The fraction of sp³-hybridized carbons (Fsp3) is 0.500. The summed E-state index contributed by atoms with van der Waals surface area (Å²) < 4.78 is 23.6. The number of hydrogen-bond donors (Lipinski definition) is 0. The highest BCUT2D eigenvalue weighted by molar-refractivity contribution is 8.20.